The average Bonchev–Trinajstić information content (AvgIpc) is 2.68. The van der Waals surface area contributed by atoms with Crippen molar-refractivity contribution < 1.29 is 9.59 Å². The van der Waals surface area contributed by atoms with Gasteiger partial charge in [-0.3, -0.25) is 9.59 Å². The summed E-state index contributed by atoms with van der Waals surface area (Å²) in [6.45, 7) is 3.27. The summed E-state index contributed by atoms with van der Waals surface area (Å²) in [7, 11) is 0. The van der Waals surface area contributed by atoms with E-state index in [1.165, 1.54) is 11.1 Å². The van der Waals surface area contributed by atoms with Crippen molar-refractivity contribution in [3.8, 4) is 0 Å². The minimum atomic E-state index is -0.372. The lowest BCUT2D eigenvalue weighted by Crippen LogP contribution is -2.59. The van der Waals surface area contributed by atoms with Crippen molar-refractivity contribution in [3.05, 3.63) is 71.8 Å². The smallest absolute Gasteiger partial charge is 0.245 e. The van der Waals surface area contributed by atoms with E-state index < -0.39 is 0 Å². The van der Waals surface area contributed by atoms with E-state index >= 15 is 0 Å². The Morgan fingerprint density at radius 2 is 1.42 bits per heavy atom. The lowest BCUT2D eigenvalue weighted by Gasteiger charge is -2.39. The van der Waals surface area contributed by atoms with Crippen LogP contribution in [0.4, 0.5) is 0 Å². The highest BCUT2D eigenvalue weighted by Gasteiger charge is 2.35. The maximum absolute atomic E-state index is 12.7. The molecule has 1 fully saturated rings. The Morgan fingerprint density at radius 1 is 0.846 bits per heavy atom. The van der Waals surface area contributed by atoms with Gasteiger partial charge in [0.2, 0.25) is 11.8 Å². The standard InChI is InChI=1S/C22H26N2O2/c1-18-22(26)23(16-14-20-11-6-3-7-12-20)17-21(25)24(18)15-8-13-19-9-4-2-5-10-19/h2-7,9-12,18H,8,13-17H2,1H3/t18-/m0/s1. The fourth-order valence-electron chi connectivity index (χ4n) is 3.46. The number of amides is 2. The fourth-order valence-corrected chi connectivity index (χ4v) is 3.46. The number of aryl methyl sites for hydroxylation is 1. The van der Waals surface area contributed by atoms with Crippen molar-refractivity contribution in [2.45, 2.75) is 32.2 Å². The van der Waals surface area contributed by atoms with E-state index in [0.717, 1.165) is 19.3 Å². The maximum atomic E-state index is 12.7. The van der Waals surface area contributed by atoms with E-state index in [1.807, 2.05) is 43.3 Å². The van der Waals surface area contributed by atoms with Gasteiger partial charge in [-0.15, -0.1) is 0 Å². The Balaban J connectivity index is 1.51. The number of nitrogens with zero attached hydrogens (tertiary/aromatic N) is 2. The van der Waals surface area contributed by atoms with Crippen molar-refractivity contribution in [2.24, 2.45) is 0 Å². The molecule has 2 aromatic rings. The lowest BCUT2D eigenvalue weighted by molar-refractivity contribution is -0.155. The van der Waals surface area contributed by atoms with Crippen LogP contribution in [0.5, 0.6) is 0 Å². The van der Waals surface area contributed by atoms with Crippen LogP contribution >= 0.6 is 0 Å². The first kappa shape index (κ1) is 18.2. The second-order valence-electron chi connectivity index (χ2n) is 6.85. The molecular formula is C22H26N2O2. The topological polar surface area (TPSA) is 40.6 Å². The summed E-state index contributed by atoms with van der Waals surface area (Å²) in [6, 6.07) is 19.9. The van der Waals surface area contributed by atoms with Crippen molar-refractivity contribution in [2.75, 3.05) is 19.6 Å². The van der Waals surface area contributed by atoms with E-state index in [9.17, 15) is 9.59 Å². The van der Waals surface area contributed by atoms with Crippen LogP contribution in [0.3, 0.4) is 0 Å². The van der Waals surface area contributed by atoms with Crippen LogP contribution in [-0.4, -0.2) is 47.3 Å². The van der Waals surface area contributed by atoms with Gasteiger partial charge in [0.25, 0.3) is 0 Å². The van der Waals surface area contributed by atoms with E-state index in [4.69, 9.17) is 0 Å². The van der Waals surface area contributed by atoms with Crippen LogP contribution < -0.4 is 0 Å². The van der Waals surface area contributed by atoms with Crippen LogP contribution in [0.25, 0.3) is 0 Å². The van der Waals surface area contributed by atoms with Gasteiger partial charge in [0, 0.05) is 13.1 Å². The summed E-state index contributed by atoms with van der Waals surface area (Å²) in [5.41, 5.74) is 2.45. The molecule has 1 aliphatic rings. The summed E-state index contributed by atoms with van der Waals surface area (Å²) >= 11 is 0. The third-order valence-corrected chi connectivity index (χ3v) is 5.00. The largest absolute Gasteiger partial charge is 0.331 e. The number of rotatable bonds is 7. The predicted octanol–water partition coefficient (Wildman–Crippen LogP) is 2.92. The monoisotopic (exact) mass is 350 g/mol. The molecule has 2 aromatic carbocycles. The third-order valence-electron chi connectivity index (χ3n) is 5.00. The van der Waals surface area contributed by atoms with E-state index in [0.29, 0.717) is 13.1 Å². The molecule has 4 nitrogen and oxygen atoms in total. The second kappa shape index (κ2) is 8.65. The first-order chi connectivity index (χ1) is 12.6. The molecule has 0 saturated carbocycles. The number of hydrogen-bond acceptors (Lipinski definition) is 2. The van der Waals surface area contributed by atoms with Gasteiger partial charge in [-0.25, -0.2) is 0 Å². The molecular weight excluding hydrogens is 324 g/mol. The molecule has 136 valence electrons. The van der Waals surface area contributed by atoms with Gasteiger partial charge < -0.3 is 9.80 Å². The van der Waals surface area contributed by atoms with Gasteiger partial charge in [-0.05, 0) is 37.3 Å². The molecule has 0 radical (unpaired) electrons. The molecule has 26 heavy (non-hydrogen) atoms. The molecule has 1 saturated heterocycles. The molecule has 2 amide bonds. The zero-order chi connectivity index (χ0) is 18.4. The minimum Gasteiger partial charge on any atom is -0.331 e. The molecule has 1 aliphatic heterocycles. The molecule has 3 rings (SSSR count). The Hall–Kier alpha value is -2.62. The number of piperazine rings is 1. The number of carbonyl (C=O) groups excluding carboxylic acids is 2. The summed E-state index contributed by atoms with van der Waals surface area (Å²) in [6.07, 6.45) is 2.57. The van der Waals surface area contributed by atoms with Crippen LogP contribution in [0.15, 0.2) is 60.7 Å². The van der Waals surface area contributed by atoms with Gasteiger partial charge >= 0.3 is 0 Å². The number of benzene rings is 2. The van der Waals surface area contributed by atoms with E-state index in [2.05, 4.69) is 24.3 Å². The van der Waals surface area contributed by atoms with Gasteiger partial charge in [0.05, 0.1) is 6.54 Å². The van der Waals surface area contributed by atoms with Crippen molar-refractivity contribution in [3.63, 3.8) is 0 Å². The van der Waals surface area contributed by atoms with Crippen LogP contribution in [0.2, 0.25) is 0 Å². The van der Waals surface area contributed by atoms with Crippen LogP contribution in [-0.2, 0) is 22.4 Å². The quantitative estimate of drug-likeness (QED) is 0.770. The molecule has 0 bridgehead atoms. The van der Waals surface area contributed by atoms with Gasteiger partial charge in [0.1, 0.15) is 6.04 Å². The Bertz CT molecular complexity index is 730. The SMILES string of the molecule is C[C@H]1C(=O)N(CCc2ccccc2)CC(=O)N1CCCc1ccccc1. The second-order valence-corrected chi connectivity index (χ2v) is 6.85. The summed E-state index contributed by atoms with van der Waals surface area (Å²) < 4.78 is 0. The zero-order valence-corrected chi connectivity index (χ0v) is 15.3. The molecule has 4 heteroatoms. The van der Waals surface area contributed by atoms with Crippen molar-refractivity contribution in [1.82, 2.24) is 9.80 Å². The van der Waals surface area contributed by atoms with Gasteiger partial charge in [-0.2, -0.15) is 0 Å². The average molecular weight is 350 g/mol. The lowest BCUT2D eigenvalue weighted by atomic mass is 10.1. The fraction of sp³-hybridized carbons (Fsp3) is 0.364. The highest BCUT2D eigenvalue weighted by Crippen LogP contribution is 2.15. The minimum absolute atomic E-state index is 0.0539. The molecule has 0 unspecified atom stereocenters. The Kier molecular flexibility index (Phi) is 6.05. The van der Waals surface area contributed by atoms with Gasteiger partial charge in [-0.1, -0.05) is 60.7 Å². The van der Waals surface area contributed by atoms with Crippen LogP contribution in [0, 0.1) is 0 Å². The summed E-state index contributed by atoms with van der Waals surface area (Å²) in [5, 5.41) is 0. The van der Waals surface area contributed by atoms with E-state index in [1.54, 1.807) is 9.80 Å². The maximum Gasteiger partial charge on any atom is 0.245 e. The van der Waals surface area contributed by atoms with Crippen molar-refractivity contribution in [1.29, 1.82) is 0 Å². The Labute approximate surface area is 155 Å². The summed E-state index contributed by atoms with van der Waals surface area (Å²) in [4.78, 5) is 28.7. The molecule has 0 aliphatic carbocycles. The first-order valence-electron chi connectivity index (χ1n) is 9.31. The molecule has 1 atom stereocenters. The highest BCUT2D eigenvalue weighted by molar-refractivity contribution is 5.94. The molecule has 0 N–H and O–H groups in total. The van der Waals surface area contributed by atoms with Crippen LogP contribution in [0.1, 0.15) is 24.5 Å². The summed E-state index contributed by atoms with van der Waals surface area (Å²) in [5.74, 6) is 0.110. The Morgan fingerprint density at radius 3 is 2.04 bits per heavy atom. The first-order valence-corrected chi connectivity index (χ1v) is 9.31. The molecule has 0 spiro atoms. The predicted molar refractivity (Wildman–Crippen MR) is 103 cm³/mol. The molecule has 1 heterocycles. The van der Waals surface area contributed by atoms with Crippen molar-refractivity contribution >= 4 is 11.8 Å². The van der Waals surface area contributed by atoms with Gasteiger partial charge in [0.15, 0.2) is 0 Å². The number of hydrogen-bond donors (Lipinski definition) is 0. The third kappa shape index (κ3) is 4.51. The molecule has 0 aromatic heterocycles. The highest BCUT2D eigenvalue weighted by atomic mass is 16.2. The number of carbonyl (C=O) groups is 2. The van der Waals surface area contributed by atoms with E-state index in [-0.39, 0.29) is 24.4 Å². The normalized spacial score (nSPS) is 17.7. The zero-order valence-electron chi connectivity index (χ0n) is 15.3.